The summed E-state index contributed by atoms with van der Waals surface area (Å²) in [6.45, 7) is 1.42. The van der Waals surface area contributed by atoms with Crippen LogP contribution in [0, 0.1) is 21.4 Å². The summed E-state index contributed by atoms with van der Waals surface area (Å²) in [5, 5.41) is 20.4. The molecule has 1 heterocycles. The molecule has 0 aliphatic carbocycles. The predicted octanol–water partition coefficient (Wildman–Crippen LogP) is 2.13. The normalized spacial score (nSPS) is 14.5. The first-order valence-corrected chi connectivity index (χ1v) is 10.5. The van der Waals surface area contributed by atoms with E-state index in [9.17, 15) is 28.6 Å². The van der Waals surface area contributed by atoms with Crippen LogP contribution < -0.4 is 4.18 Å². The molecule has 31 heavy (non-hydrogen) atoms. The first kappa shape index (κ1) is 21.9. The predicted molar refractivity (Wildman–Crippen MR) is 108 cm³/mol. The van der Waals surface area contributed by atoms with E-state index in [0.29, 0.717) is 26.3 Å². The summed E-state index contributed by atoms with van der Waals surface area (Å²) in [5.74, 6) is -0.626. The highest BCUT2D eigenvalue weighted by Gasteiger charge is 2.23. The Hall–Kier alpha value is -3.75. The Morgan fingerprint density at radius 3 is 2.58 bits per heavy atom. The van der Waals surface area contributed by atoms with Crippen molar-refractivity contribution >= 4 is 27.8 Å². The van der Waals surface area contributed by atoms with Crippen molar-refractivity contribution in [1.29, 1.82) is 5.26 Å². The number of morpholine rings is 1. The number of non-ortho nitro benzene ring substituents is 1. The second kappa shape index (κ2) is 9.38. The van der Waals surface area contributed by atoms with Crippen molar-refractivity contribution in [2.45, 2.75) is 4.90 Å². The lowest BCUT2D eigenvalue weighted by Crippen LogP contribution is -2.41. The van der Waals surface area contributed by atoms with Crippen molar-refractivity contribution in [2.24, 2.45) is 0 Å². The van der Waals surface area contributed by atoms with Crippen LogP contribution in [0.2, 0.25) is 0 Å². The summed E-state index contributed by atoms with van der Waals surface area (Å²) in [6, 6.07) is 12.2. The van der Waals surface area contributed by atoms with Crippen molar-refractivity contribution in [3.63, 3.8) is 0 Å². The number of carbonyl (C=O) groups is 1. The molecule has 2 aromatic rings. The number of nitrogens with zero attached hydrogens (tertiary/aromatic N) is 3. The second-order valence-corrected chi connectivity index (χ2v) is 7.95. The van der Waals surface area contributed by atoms with Gasteiger partial charge in [-0.15, -0.1) is 0 Å². The van der Waals surface area contributed by atoms with E-state index < -0.39 is 31.5 Å². The molecule has 1 amide bonds. The zero-order chi connectivity index (χ0) is 22.4. The maximum Gasteiger partial charge on any atom is 0.339 e. The molecule has 1 fully saturated rings. The molecule has 160 valence electrons. The van der Waals surface area contributed by atoms with E-state index in [2.05, 4.69) is 0 Å². The van der Waals surface area contributed by atoms with Crippen LogP contribution in [-0.2, 0) is 19.6 Å². The fourth-order valence-corrected chi connectivity index (χ4v) is 3.82. The van der Waals surface area contributed by atoms with E-state index in [-0.39, 0.29) is 16.9 Å². The standard InChI is InChI=1S/C20H17N3O7S/c21-14-16(20(24)22-8-10-29-11-9-22)12-15-4-1-2-7-19(15)30-31(27,28)18-6-3-5-17(13-18)23(25)26/h1-7,12-13H,8-11H2/b16-12+. The molecule has 10 nitrogen and oxygen atoms in total. The molecule has 3 rings (SSSR count). The topological polar surface area (TPSA) is 140 Å². The van der Waals surface area contributed by atoms with E-state index in [1.54, 1.807) is 6.07 Å². The molecule has 0 radical (unpaired) electrons. The first-order chi connectivity index (χ1) is 14.8. The minimum Gasteiger partial charge on any atom is -0.378 e. The quantitative estimate of drug-likeness (QED) is 0.217. The lowest BCUT2D eigenvalue weighted by molar-refractivity contribution is -0.385. The van der Waals surface area contributed by atoms with Gasteiger partial charge in [-0.2, -0.15) is 13.7 Å². The number of nitro groups is 1. The fraction of sp³-hybridized carbons (Fsp3) is 0.200. The van der Waals surface area contributed by atoms with Gasteiger partial charge >= 0.3 is 10.1 Å². The van der Waals surface area contributed by atoms with Gasteiger partial charge in [-0.3, -0.25) is 14.9 Å². The smallest absolute Gasteiger partial charge is 0.339 e. The van der Waals surface area contributed by atoms with E-state index in [0.717, 1.165) is 12.1 Å². The van der Waals surface area contributed by atoms with Crippen LogP contribution in [0.1, 0.15) is 5.56 Å². The number of carbonyl (C=O) groups excluding carboxylic acids is 1. The number of nitro benzene ring substituents is 1. The lowest BCUT2D eigenvalue weighted by atomic mass is 10.1. The number of hydrogen-bond donors (Lipinski definition) is 0. The molecule has 1 saturated heterocycles. The largest absolute Gasteiger partial charge is 0.378 e. The Bertz CT molecular complexity index is 1180. The molecule has 11 heteroatoms. The zero-order valence-electron chi connectivity index (χ0n) is 16.1. The summed E-state index contributed by atoms with van der Waals surface area (Å²) in [6.07, 6.45) is 1.25. The van der Waals surface area contributed by atoms with Gasteiger partial charge in [0.15, 0.2) is 0 Å². The first-order valence-electron chi connectivity index (χ1n) is 9.08. The summed E-state index contributed by atoms with van der Waals surface area (Å²) in [7, 11) is -4.40. The highest BCUT2D eigenvalue weighted by atomic mass is 32.2. The van der Waals surface area contributed by atoms with E-state index >= 15 is 0 Å². The maximum atomic E-state index is 12.6. The van der Waals surface area contributed by atoms with Crippen LogP contribution in [0.3, 0.4) is 0 Å². The highest BCUT2D eigenvalue weighted by Crippen LogP contribution is 2.27. The van der Waals surface area contributed by atoms with E-state index in [4.69, 9.17) is 8.92 Å². The number of nitriles is 1. The number of para-hydroxylation sites is 1. The molecule has 2 aromatic carbocycles. The average molecular weight is 443 g/mol. The van der Waals surface area contributed by atoms with Crippen LogP contribution in [0.4, 0.5) is 5.69 Å². The van der Waals surface area contributed by atoms with E-state index in [1.165, 1.54) is 41.3 Å². The molecule has 0 aromatic heterocycles. The highest BCUT2D eigenvalue weighted by molar-refractivity contribution is 7.87. The Morgan fingerprint density at radius 1 is 1.19 bits per heavy atom. The molecule has 0 saturated carbocycles. The van der Waals surface area contributed by atoms with Crippen LogP contribution in [-0.4, -0.2) is 50.5 Å². The van der Waals surface area contributed by atoms with Crippen molar-refractivity contribution in [1.82, 2.24) is 4.90 Å². The monoisotopic (exact) mass is 443 g/mol. The molecule has 0 atom stereocenters. The summed E-state index contributed by atoms with van der Waals surface area (Å²) in [5.41, 5.74) is -0.402. The van der Waals surface area contributed by atoms with Gasteiger partial charge in [0.05, 0.1) is 18.1 Å². The summed E-state index contributed by atoms with van der Waals surface area (Å²) >= 11 is 0. The van der Waals surface area contributed by atoms with Crippen LogP contribution >= 0.6 is 0 Å². The molecule has 0 bridgehead atoms. The Morgan fingerprint density at radius 2 is 1.90 bits per heavy atom. The molecule has 0 N–H and O–H groups in total. The number of benzene rings is 2. The van der Waals surface area contributed by atoms with E-state index in [1.807, 2.05) is 6.07 Å². The summed E-state index contributed by atoms with van der Waals surface area (Å²) < 4.78 is 35.7. The third kappa shape index (κ3) is 5.25. The van der Waals surface area contributed by atoms with Crippen molar-refractivity contribution in [2.75, 3.05) is 26.3 Å². The van der Waals surface area contributed by atoms with Gasteiger partial charge in [0.25, 0.3) is 11.6 Å². The van der Waals surface area contributed by atoms with Gasteiger partial charge in [-0.1, -0.05) is 24.3 Å². The van der Waals surface area contributed by atoms with Crippen molar-refractivity contribution in [3.05, 3.63) is 69.8 Å². The van der Waals surface area contributed by atoms with Gasteiger partial charge in [0.1, 0.15) is 22.3 Å². The Labute approximate surface area is 178 Å². The second-order valence-electron chi connectivity index (χ2n) is 6.40. The third-order valence-electron chi connectivity index (χ3n) is 4.38. The van der Waals surface area contributed by atoms with Crippen LogP contribution in [0.25, 0.3) is 6.08 Å². The number of hydrogen-bond acceptors (Lipinski definition) is 8. The number of ether oxygens (including phenoxy) is 1. The SMILES string of the molecule is N#C/C(=C\c1ccccc1OS(=O)(=O)c1cccc([N+](=O)[O-])c1)C(=O)N1CCOCC1. The average Bonchev–Trinajstić information content (AvgIpc) is 2.78. The van der Waals surface area contributed by atoms with Gasteiger partial charge in [0.2, 0.25) is 0 Å². The number of amides is 1. The summed E-state index contributed by atoms with van der Waals surface area (Å²) in [4.78, 5) is 23.9. The van der Waals surface area contributed by atoms with Gasteiger partial charge in [-0.25, -0.2) is 0 Å². The maximum absolute atomic E-state index is 12.6. The molecule has 1 aliphatic rings. The third-order valence-corrected chi connectivity index (χ3v) is 5.61. The Balaban J connectivity index is 1.92. The molecule has 1 aliphatic heterocycles. The fourth-order valence-electron chi connectivity index (χ4n) is 2.83. The van der Waals surface area contributed by atoms with Crippen molar-refractivity contribution < 1.29 is 27.1 Å². The molecular formula is C20H17N3O7S. The molecular weight excluding hydrogens is 426 g/mol. The van der Waals surface area contributed by atoms with Gasteiger partial charge in [-0.05, 0) is 18.2 Å². The number of rotatable bonds is 6. The molecule has 0 unspecified atom stereocenters. The van der Waals surface area contributed by atoms with Gasteiger partial charge in [0, 0.05) is 30.8 Å². The van der Waals surface area contributed by atoms with Crippen LogP contribution in [0.5, 0.6) is 5.75 Å². The van der Waals surface area contributed by atoms with Crippen molar-refractivity contribution in [3.8, 4) is 11.8 Å². The zero-order valence-corrected chi connectivity index (χ0v) is 16.9. The minimum absolute atomic E-state index is 0.128. The Kier molecular flexibility index (Phi) is 6.64. The van der Waals surface area contributed by atoms with Gasteiger partial charge < -0.3 is 13.8 Å². The molecule has 0 spiro atoms. The minimum atomic E-state index is -4.40. The lowest BCUT2D eigenvalue weighted by Gasteiger charge is -2.26. The van der Waals surface area contributed by atoms with Crippen LogP contribution in [0.15, 0.2) is 59.0 Å².